The fourth-order valence-corrected chi connectivity index (χ4v) is 4.11. The lowest BCUT2D eigenvalue weighted by Gasteiger charge is -2.23. The van der Waals surface area contributed by atoms with Crippen LogP contribution < -0.4 is 0 Å². The number of ether oxygens (including phenoxy) is 1. The highest BCUT2D eigenvalue weighted by Crippen LogP contribution is 2.26. The van der Waals surface area contributed by atoms with Crippen LogP contribution in [0.5, 0.6) is 0 Å². The number of nitrogens with zero attached hydrogens (tertiary/aromatic N) is 2. The van der Waals surface area contributed by atoms with E-state index in [1.54, 1.807) is 0 Å². The molecule has 0 aliphatic carbocycles. The summed E-state index contributed by atoms with van der Waals surface area (Å²) in [7, 11) is -0.360. The minimum Gasteiger partial charge on any atom is -0.469 e. The molecule has 0 saturated heterocycles. The van der Waals surface area contributed by atoms with Gasteiger partial charge in [0.1, 0.15) is 4.90 Å². The number of carbonyl (C=O) groups excluding carboxylic acids is 2. The largest absolute Gasteiger partial charge is 0.469 e. The molecule has 0 aliphatic heterocycles. The van der Waals surface area contributed by atoms with Crippen molar-refractivity contribution < 1.29 is 27.6 Å². The van der Waals surface area contributed by atoms with Gasteiger partial charge >= 0.3 is 5.97 Å². The number of esters is 1. The number of benzene rings is 2. The van der Waals surface area contributed by atoms with Crippen LogP contribution >= 0.6 is 11.6 Å². The fraction of sp³-hybridized carbons (Fsp3) is 0.300. The Labute approximate surface area is 180 Å². The first-order chi connectivity index (χ1) is 14.2. The molecule has 2 aromatic rings. The van der Waals surface area contributed by atoms with Crippen LogP contribution in [0.1, 0.15) is 22.3 Å². The Balaban J connectivity index is 2.39. The van der Waals surface area contributed by atoms with E-state index < -0.39 is 21.9 Å². The molecule has 0 N–H and O–H groups in total. The highest BCUT2D eigenvalue weighted by Gasteiger charge is 2.26. The van der Waals surface area contributed by atoms with Gasteiger partial charge < -0.3 is 9.64 Å². The molecule has 10 heteroatoms. The number of hydrogen-bond acceptors (Lipinski definition) is 6. The van der Waals surface area contributed by atoms with Crippen LogP contribution in [0.4, 0.5) is 0 Å². The van der Waals surface area contributed by atoms with Crippen LogP contribution in [0.15, 0.2) is 53.4 Å². The van der Waals surface area contributed by atoms with E-state index in [1.807, 2.05) is 30.3 Å². The number of methoxy groups -OCH3 is 1. The number of rotatable bonds is 9. The Morgan fingerprint density at radius 3 is 2.33 bits per heavy atom. The lowest BCUT2D eigenvalue weighted by atomic mass is 10.1. The zero-order valence-electron chi connectivity index (χ0n) is 16.9. The predicted octanol–water partition coefficient (Wildman–Crippen LogP) is 2.73. The first-order valence-corrected chi connectivity index (χ1v) is 10.7. The van der Waals surface area contributed by atoms with E-state index in [1.165, 1.54) is 44.4 Å². The van der Waals surface area contributed by atoms with E-state index in [-0.39, 0.29) is 35.0 Å². The summed E-state index contributed by atoms with van der Waals surface area (Å²) in [6.45, 7) is 0.336. The molecular weight excluding hydrogens is 432 g/mol. The molecule has 0 spiro atoms. The van der Waals surface area contributed by atoms with Crippen molar-refractivity contribution in [2.75, 3.05) is 27.8 Å². The minimum absolute atomic E-state index is 0.000230. The molecule has 0 aromatic heterocycles. The van der Waals surface area contributed by atoms with Crippen LogP contribution in [0, 0.1) is 0 Å². The average molecular weight is 455 g/mol. The summed E-state index contributed by atoms with van der Waals surface area (Å²) in [6, 6.07) is 13.2. The third kappa shape index (κ3) is 5.79. The van der Waals surface area contributed by atoms with Crippen molar-refractivity contribution in [3.8, 4) is 0 Å². The summed E-state index contributed by atoms with van der Waals surface area (Å²) in [4.78, 5) is 30.7. The summed E-state index contributed by atoms with van der Waals surface area (Å²) < 4.78 is 30.5. The molecular formula is C20H23ClN2O6S. The van der Waals surface area contributed by atoms with Crippen LogP contribution in [-0.4, -0.2) is 57.5 Å². The second-order valence-electron chi connectivity index (χ2n) is 6.28. The Morgan fingerprint density at radius 1 is 1.07 bits per heavy atom. The van der Waals surface area contributed by atoms with Crippen molar-refractivity contribution in [1.29, 1.82) is 0 Å². The third-order valence-corrected chi connectivity index (χ3v) is 6.53. The summed E-state index contributed by atoms with van der Waals surface area (Å²) >= 11 is 6.07. The highest BCUT2D eigenvalue weighted by molar-refractivity contribution is 7.89. The molecule has 8 nitrogen and oxygen atoms in total. The van der Waals surface area contributed by atoms with Gasteiger partial charge in [-0.2, -0.15) is 0 Å². The van der Waals surface area contributed by atoms with Gasteiger partial charge in [-0.1, -0.05) is 46.4 Å². The van der Waals surface area contributed by atoms with E-state index in [4.69, 9.17) is 16.4 Å². The molecule has 0 heterocycles. The lowest BCUT2D eigenvalue weighted by molar-refractivity contribution is -0.140. The van der Waals surface area contributed by atoms with Gasteiger partial charge in [-0.05, 0) is 23.8 Å². The summed E-state index contributed by atoms with van der Waals surface area (Å²) in [5, 5.41) is -0.0420. The third-order valence-electron chi connectivity index (χ3n) is 4.37. The maximum Gasteiger partial charge on any atom is 0.307 e. The molecule has 0 bridgehead atoms. The van der Waals surface area contributed by atoms with Crippen molar-refractivity contribution in [3.63, 3.8) is 0 Å². The first-order valence-electron chi connectivity index (χ1n) is 8.93. The maximum absolute atomic E-state index is 13.2. The Morgan fingerprint density at radius 2 is 1.73 bits per heavy atom. The molecule has 0 saturated carbocycles. The Hall–Kier alpha value is -2.46. The molecule has 1 amide bonds. The van der Waals surface area contributed by atoms with E-state index >= 15 is 0 Å². The zero-order valence-corrected chi connectivity index (χ0v) is 18.4. The van der Waals surface area contributed by atoms with Crippen molar-refractivity contribution in [1.82, 2.24) is 9.37 Å². The molecule has 162 valence electrons. The number of sulfonamides is 1. The molecule has 0 fully saturated rings. The van der Waals surface area contributed by atoms with Gasteiger partial charge in [0.25, 0.3) is 15.9 Å². The second-order valence-corrected chi connectivity index (χ2v) is 8.59. The van der Waals surface area contributed by atoms with Crippen LogP contribution in [0.2, 0.25) is 5.02 Å². The predicted molar refractivity (Wildman–Crippen MR) is 111 cm³/mol. The minimum atomic E-state index is -4.06. The van der Waals surface area contributed by atoms with Gasteiger partial charge in [0.15, 0.2) is 0 Å². The van der Waals surface area contributed by atoms with E-state index in [2.05, 4.69) is 4.74 Å². The summed E-state index contributed by atoms with van der Waals surface area (Å²) in [6.07, 6.45) is 0.000230. The van der Waals surface area contributed by atoms with E-state index in [9.17, 15) is 18.0 Å². The van der Waals surface area contributed by atoms with Crippen LogP contribution in [0.3, 0.4) is 0 Å². The van der Waals surface area contributed by atoms with Gasteiger partial charge in [-0.25, -0.2) is 8.42 Å². The molecule has 0 aliphatic rings. The number of hydrogen-bond donors (Lipinski definition) is 0. The molecule has 0 unspecified atom stereocenters. The van der Waals surface area contributed by atoms with Crippen LogP contribution in [-0.2, 0) is 30.9 Å². The molecule has 2 rings (SSSR count). The quantitative estimate of drug-likeness (QED) is 0.427. The average Bonchev–Trinajstić information content (AvgIpc) is 2.76. The number of carbonyl (C=O) groups is 2. The summed E-state index contributed by atoms with van der Waals surface area (Å²) in [5.41, 5.74) is 0.972. The molecule has 0 radical (unpaired) electrons. The van der Waals surface area contributed by atoms with Gasteiger partial charge in [0.05, 0.1) is 25.7 Å². The van der Waals surface area contributed by atoms with Crippen molar-refractivity contribution in [3.05, 3.63) is 64.7 Å². The number of amides is 1. The Bertz CT molecular complexity index is 998. The molecule has 0 atom stereocenters. The van der Waals surface area contributed by atoms with Crippen molar-refractivity contribution in [2.45, 2.75) is 17.9 Å². The number of halogens is 1. The normalized spacial score (nSPS) is 11.4. The lowest BCUT2D eigenvalue weighted by Crippen LogP contribution is -2.33. The first kappa shape index (κ1) is 23.8. The molecule has 2 aromatic carbocycles. The number of hydroxylamine groups is 1. The van der Waals surface area contributed by atoms with Crippen LogP contribution in [0.25, 0.3) is 0 Å². The smallest absolute Gasteiger partial charge is 0.307 e. The SMILES string of the molecule is COC(=O)CCN(Cc1ccccc1)C(=O)c1ccc(Cl)c(S(=O)(=O)N(C)OC)c1. The Kier molecular flexibility index (Phi) is 8.36. The molecule has 30 heavy (non-hydrogen) atoms. The van der Waals surface area contributed by atoms with Gasteiger partial charge in [0.2, 0.25) is 0 Å². The van der Waals surface area contributed by atoms with E-state index in [0.717, 1.165) is 5.56 Å². The highest BCUT2D eigenvalue weighted by atomic mass is 35.5. The van der Waals surface area contributed by atoms with Crippen molar-refractivity contribution in [2.24, 2.45) is 0 Å². The standard InChI is InChI=1S/C20H23ClN2O6S/c1-22(29-3)30(26,27)18-13-16(9-10-17(18)21)20(25)23(12-11-19(24)28-2)14-15-7-5-4-6-8-15/h4-10,13H,11-12,14H2,1-3H3. The zero-order chi connectivity index (χ0) is 22.3. The fourth-order valence-electron chi connectivity index (χ4n) is 2.64. The maximum atomic E-state index is 13.2. The van der Waals surface area contributed by atoms with Gasteiger partial charge in [-0.3, -0.25) is 14.4 Å². The monoisotopic (exact) mass is 454 g/mol. The summed E-state index contributed by atoms with van der Waals surface area (Å²) in [5.74, 6) is -0.905. The van der Waals surface area contributed by atoms with Gasteiger partial charge in [0, 0.05) is 25.7 Å². The topological polar surface area (TPSA) is 93.2 Å². The van der Waals surface area contributed by atoms with Crippen molar-refractivity contribution >= 4 is 33.5 Å². The van der Waals surface area contributed by atoms with Gasteiger partial charge in [-0.15, -0.1) is 0 Å². The van der Waals surface area contributed by atoms with E-state index in [0.29, 0.717) is 4.47 Å². The second kappa shape index (κ2) is 10.5.